The Labute approximate surface area is 332 Å². The van der Waals surface area contributed by atoms with Crippen molar-refractivity contribution < 1.29 is 23.8 Å². The lowest BCUT2D eigenvalue weighted by Gasteiger charge is -2.34. The van der Waals surface area contributed by atoms with Crippen LogP contribution in [-0.2, 0) is 39.1 Å². The Morgan fingerprint density at radius 2 is 1.28 bits per heavy atom. The van der Waals surface area contributed by atoms with E-state index in [0.29, 0.717) is 76.7 Å². The first-order chi connectivity index (χ1) is 27.7. The lowest BCUT2D eigenvalue weighted by atomic mass is 9.93. The van der Waals surface area contributed by atoms with E-state index in [2.05, 4.69) is 49.5 Å². The third-order valence-corrected chi connectivity index (χ3v) is 11.1. The summed E-state index contributed by atoms with van der Waals surface area (Å²) in [5, 5.41) is 3.46. The molecule has 0 saturated carbocycles. The number of aromatic nitrogens is 1. The predicted octanol–water partition coefficient (Wildman–Crippen LogP) is 7.94. The molecule has 11 nitrogen and oxygen atoms in total. The van der Waals surface area contributed by atoms with Gasteiger partial charge >= 0.3 is 0 Å². The lowest BCUT2D eigenvalue weighted by Crippen LogP contribution is -2.44. The number of benzene rings is 4. The van der Waals surface area contributed by atoms with Crippen molar-refractivity contribution in [1.82, 2.24) is 14.8 Å². The third-order valence-electron chi connectivity index (χ3n) is 11.1. The molecule has 0 bridgehead atoms. The summed E-state index contributed by atoms with van der Waals surface area (Å²) in [4.78, 5) is 45.9. The number of anilines is 1. The molecule has 4 aromatic carbocycles. The van der Waals surface area contributed by atoms with Gasteiger partial charge in [0, 0.05) is 49.4 Å². The van der Waals surface area contributed by atoms with Crippen molar-refractivity contribution in [2.75, 3.05) is 12.4 Å². The summed E-state index contributed by atoms with van der Waals surface area (Å²) in [6.45, 7) is 7.60. The Hall–Kier alpha value is -6.49. The SMILES string of the molecule is COc1cc2c(cc1OCc1cccc(COc3cc4c(cc3C)C(=O)N3Cc5ccccc5C[C@H]3C=N4)n1)N=C[C@@H]1Cc3ccc(NC(C)C)cc3CN1C2=O. The molecule has 0 radical (unpaired) electrons. The first-order valence-electron chi connectivity index (χ1n) is 19.4. The zero-order valence-electron chi connectivity index (χ0n) is 32.5. The Balaban J connectivity index is 0.876. The molecule has 288 valence electrons. The van der Waals surface area contributed by atoms with Crippen molar-refractivity contribution in [3.05, 3.63) is 135 Å². The number of aryl methyl sites for hydroxylation is 1. The molecule has 5 aromatic rings. The first-order valence-corrected chi connectivity index (χ1v) is 19.4. The number of methoxy groups -OCH3 is 1. The number of carbonyl (C=O) groups excluding carboxylic acids is 2. The van der Waals surface area contributed by atoms with Gasteiger partial charge in [-0.05, 0) is 97.8 Å². The molecule has 4 aliphatic heterocycles. The van der Waals surface area contributed by atoms with Crippen molar-refractivity contribution in [1.29, 1.82) is 0 Å². The number of ether oxygens (including phenoxy) is 3. The summed E-state index contributed by atoms with van der Waals surface area (Å²) < 4.78 is 18.3. The number of carbonyl (C=O) groups is 2. The van der Waals surface area contributed by atoms with Crippen molar-refractivity contribution in [3.8, 4) is 17.2 Å². The third kappa shape index (κ3) is 7.09. The molecule has 0 aliphatic carbocycles. The van der Waals surface area contributed by atoms with Crippen LogP contribution < -0.4 is 19.5 Å². The highest BCUT2D eigenvalue weighted by molar-refractivity contribution is 6.04. The van der Waals surface area contributed by atoms with E-state index in [1.54, 1.807) is 19.2 Å². The molecule has 0 spiro atoms. The van der Waals surface area contributed by atoms with E-state index in [0.717, 1.165) is 23.2 Å². The topological polar surface area (TPSA) is 118 Å². The summed E-state index contributed by atoms with van der Waals surface area (Å²) in [5.41, 5.74) is 10.3. The quantitative estimate of drug-likeness (QED) is 0.162. The Morgan fingerprint density at radius 3 is 1.95 bits per heavy atom. The van der Waals surface area contributed by atoms with Gasteiger partial charge in [0.25, 0.3) is 11.8 Å². The minimum absolute atomic E-state index is 0.0224. The molecule has 9 rings (SSSR count). The number of amides is 2. The van der Waals surface area contributed by atoms with Gasteiger partial charge in [-0.3, -0.25) is 24.6 Å². The second kappa shape index (κ2) is 14.9. The molecule has 5 heterocycles. The van der Waals surface area contributed by atoms with E-state index in [9.17, 15) is 9.59 Å². The number of pyridine rings is 1. The molecule has 0 fully saturated rings. The highest BCUT2D eigenvalue weighted by Crippen LogP contribution is 2.39. The smallest absolute Gasteiger partial charge is 0.257 e. The Bertz CT molecular complexity index is 2480. The fourth-order valence-electron chi connectivity index (χ4n) is 8.14. The van der Waals surface area contributed by atoms with Crippen molar-refractivity contribution in [2.45, 2.75) is 78.0 Å². The summed E-state index contributed by atoms with van der Waals surface area (Å²) in [7, 11) is 1.56. The minimum Gasteiger partial charge on any atom is -0.493 e. The molecule has 2 atom stereocenters. The van der Waals surface area contributed by atoms with Gasteiger partial charge in [-0.15, -0.1) is 0 Å². The van der Waals surface area contributed by atoms with Crippen LogP contribution in [0.4, 0.5) is 17.1 Å². The van der Waals surface area contributed by atoms with Gasteiger partial charge in [-0.1, -0.05) is 36.4 Å². The summed E-state index contributed by atoms with van der Waals surface area (Å²) in [5.74, 6) is 1.43. The van der Waals surface area contributed by atoms with Crippen LogP contribution in [0.15, 0.2) is 94.9 Å². The molecule has 0 saturated heterocycles. The standard InChI is InChI=1S/C46H44N6O5/c1-27(2)49-33-13-12-30-17-37-22-48-41-20-44(43(55-4)18-39(41)46(54)52(37)24-32(30)15-33)57-26-35-11-7-10-34(50-35)25-56-42-19-40-38(14-28(42)3)45(53)51-23-31-9-6-5-8-29(31)16-36(51)21-47-40/h5-15,18-22,27,36-37,49H,16-17,23-26H2,1-4H3/t36-,37-/m0/s1. The van der Waals surface area contributed by atoms with Crippen molar-refractivity contribution >= 4 is 41.3 Å². The number of aliphatic imine (C=N–C) groups is 2. The van der Waals surface area contributed by atoms with Gasteiger partial charge in [-0.2, -0.15) is 0 Å². The number of rotatable bonds is 9. The average Bonchev–Trinajstić information content (AvgIpc) is 3.43. The summed E-state index contributed by atoms with van der Waals surface area (Å²) in [6.07, 6.45) is 5.19. The largest absolute Gasteiger partial charge is 0.493 e. The number of fused-ring (bicyclic) bond motifs is 6. The monoisotopic (exact) mass is 760 g/mol. The van der Waals surface area contributed by atoms with E-state index < -0.39 is 0 Å². The lowest BCUT2D eigenvalue weighted by molar-refractivity contribution is 0.0696. The summed E-state index contributed by atoms with van der Waals surface area (Å²) >= 11 is 0. The van der Waals surface area contributed by atoms with Crippen LogP contribution >= 0.6 is 0 Å². The maximum Gasteiger partial charge on any atom is 0.257 e. The maximum atomic E-state index is 14.0. The van der Waals surface area contributed by atoms with Crippen LogP contribution in [0.1, 0.15) is 73.8 Å². The molecular formula is C46H44N6O5. The molecule has 1 N–H and O–H groups in total. The van der Waals surface area contributed by atoms with Crippen molar-refractivity contribution in [3.63, 3.8) is 0 Å². The van der Waals surface area contributed by atoms with Gasteiger partial charge in [0.05, 0.1) is 53.1 Å². The molecule has 4 aliphatic rings. The second-order valence-corrected chi connectivity index (χ2v) is 15.4. The van der Waals surface area contributed by atoms with E-state index in [-0.39, 0.29) is 37.1 Å². The highest BCUT2D eigenvalue weighted by atomic mass is 16.5. The zero-order valence-corrected chi connectivity index (χ0v) is 32.5. The Morgan fingerprint density at radius 1 is 0.684 bits per heavy atom. The zero-order chi connectivity index (χ0) is 39.2. The summed E-state index contributed by atoms with van der Waals surface area (Å²) in [6, 6.07) is 27.6. The number of nitrogens with one attached hydrogen (secondary N) is 1. The van der Waals surface area contributed by atoms with E-state index >= 15 is 0 Å². The van der Waals surface area contributed by atoms with E-state index in [4.69, 9.17) is 29.2 Å². The van der Waals surface area contributed by atoms with Crippen LogP contribution in [0.5, 0.6) is 17.2 Å². The maximum absolute atomic E-state index is 14.0. The van der Waals surface area contributed by atoms with Crippen LogP contribution in [0.2, 0.25) is 0 Å². The van der Waals surface area contributed by atoms with Gasteiger partial charge in [0.15, 0.2) is 11.5 Å². The molecule has 0 unspecified atom stereocenters. The van der Waals surface area contributed by atoms with Crippen LogP contribution in [0.3, 0.4) is 0 Å². The van der Waals surface area contributed by atoms with Crippen molar-refractivity contribution in [2.24, 2.45) is 9.98 Å². The molecule has 11 heteroatoms. The van der Waals surface area contributed by atoms with Gasteiger partial charge in [-0.25, -0.2) is 0 Å². The van der Waals surface area contributed by atoms with Crippen LogP contribution in [0, 0.1) is 6.92 Å². The molecular weight excluding hydrogens is 717 g/mol. The van der Waals surface area contributed by atoms with Crippen LogP contribution in [0.25, 0.3) is 0 Å². The molecule has 1 aromatic heterocycles. The van der Waals surface area contributed by atoms with Gasteiger partial charge in [0.1, 0.15) is 19.0 Å². The van der Waals surface area contributed by atoms with E-state index in [1.807, 2.05) is 71.6 Å². The minimum atomic E-state index is -0.156. The van der Waals surface area contributed by atoms with Gasteiger partial charge < -0.3 is 29.3 Å². The number of hydrogen-bond acceptors (Lipinski definition) is 9. The van der Waals surface area contributed by atoms with E-state index in [1.165, 1.54) is 16.7 Å². The van der Waals surface area contributed by atoms with Gasteiger partial charge in [0.2, 0.25) is 0 Å². The number of hydrogen-bond donors (Lipinski definition) is 1. The normalized spacial score (nSPS) is 17.7. The first kappa shape index (κ1) is 36.2. The highest BCUT2D eigenvalue weighted by Gasteiger charge is 2.35. The molecule has 2 amide bonds. The fourth-order valence-corrected chi connectivity index (χ4v) is 8.14. The average molecular weight is 761 g/mol. The number of nitrogens with zero attached hydrogens (tertiary/aromatic N) is 5. The second-order valence-electron chi connectivity index (χ2n) is 15.4. The van der Waals surface area contributed by atoms with Crippen LogP contribution in [-0.4, -0.2) is 64.3 Å². The predicted molar refractivity (Wildman–Crippen MR) is 220 cm³/mol. The molecule has 57 heavy (non-hydrogen) atoms. The fraction of sp³-hybridized carbons (Fsp3) is 0.283. The Kier molecular flexibility index (Phi) is 9.44.